The molecule has 0 unspecified atom stereocenters. The van der Waals surface area contributed by atoms with Crippen LogP contribution in [-0.4, -0.2) is 8.42 Å². The lowest BCUT2D eigenvalue weighted by Crippen LogP contribution is -2.11. The molecule has 0 spiro atoms. The van der Waals surface area contributed by atoms with Crippen LogP contribution in [0.15, 0.2) is 47.4 Å². The summed E-state index contributed by atoms with van der Waals surface area (Å²) in [6.07, 6.45) is 0. The van der Waals surface area contributed by atoms with Gasteiger partial charge in [0.1, 0.15) is 6.07 Å². The summed E-state index contributed by atoms with van der Waals surface area (Å²) in [6.45, 7) is 0. The molecule has 102 valence electrons. The first-order valence-electron chi connectivity index (χ1n) is 5.59. The largest absolute Gasteiger partial charge is 0.399 e. The number of nitriles is 1. The fourth-order valence-electron chi connectivity index (χ4n) is 1.65. The molecule has 0 bridgehead atoms. The lowest BCUT2D eigenvalue weighted by Gasteiger charge is -2.09. The van der Waals surface area contributed by atoms with Gasteiger partial charge in [-0.15, -0.1) is 0 Å². The summed E-state index contributed by atoms with van der Waals surface area (Å²) >= 11 is 0. The van der Waals surface area contributed by atoms with Gasteiger partial charge in [0.05, 0.1) is 16.1 Å². The van der Waals surface area contributed by atoms with E-state index in [-0.39, 0.29) is 4.90 Å². The number of anilines is 3. The van der Waals surface area contributed by atoms with Crippen molar-refractivity contribution < 1.29 is 8.42 Å². The van der Waals surface area contributed by atoms with E-state index in [0.29, 0.717) is 22.6 Å². The second-order valence-electron chi connectivity index (χ2n) is 4.11. The van der Waals surface area contributed by atoms with Crippen molar-refractivity contribution in [2.45, 2.75) is 4.90 Å². The van der Waals surface area contributed by atoms with E-state index in [2.05, 4.69) is 5.32 Å². The normalized spacial score (nSPS) is 10.8. The molecule has 2 aromatic carbocycles. The van der Waals surface area contributed by atoms with Crippen LogP contribution in [0.5, 0.6) is 0 Å². The van der Waals surface area contributed by atoms with E-state index in [0.717, 1.165) is 0 Å². The molecule has 0 aromatic heterocycles. The number of nitrogens with zero attached hydrogens (tertiary/aromatic N) is 1. The van der Waals surface area contributed by atoms with Crippen LogP contribution in [-0.2, 0) is 10.0 Å². The number of benzene rings is 2. The second kappa shape index (κ2) is 5.21. The number of sulfonamides is 1. The summed E-state index contributed by atoms with van der Waals surface area (Å²) in [4.78, 5) is 0.0286. The molecule has 0 saturated heterocycles. The van der Waals surface area contributed by atoms with Gasteiger partial charge in [-0.05, 0) is 42.5 Å². The first-order valence-corrected chi connectivity index (χ1v) is 7.14. The van der Waals surface area contributed by atoms with Crippen molar-refractivity contribution >= 4 is 27.1 Å². The molecule has 0 fully saturated rings. The number of hydrogen-bond donors (Lipinski definition) is 3. The number of nitrogens with two attached hydrogens (primary N) is 2. The van der Waals surface area contributed by atoms with Crippen LogP contribution in [0.3, 0.4) is 0 Å². The Hall–Kier alpha value is -2.56. The Morgan fingerprint density at radius 2 is 1.75 bits per heavy atom. The Labute approximate surface area is 116 Å². The molecule has 0 atom stereocenters. The third kappa shape index (κ3) is 3.06. The fraction of sp³-hybridized carbons (Fsp3) is 0. The smallest absolute Gasteiger partial charge is 0.238 e. The van der Waals surface area contributed by atoms with Gasteiger partial charge in [0, 0.05) is 11.4 Å². The number of primary sulfonamides is 1. The van der Waals surface area contributed by atoms with Gasteiger partial charge in [-0.1, -0.05) is 0 Å². The molecule has 6 nitrogen and oxygen atoms in total. The zero-order valence-corrected chi connectivity index (χ0v) is 11.2. The van der Waals surface area contributed by atoms with E-state index in [1.54, 1.807) is 30.3 Å². The van der Waals surface area contributed by atoms with Gasteiger partial charge in [-0.3, -0.25) is 0 Å². The maximum Gasteiger partial charge on any atom is 0.238 e. The molecule has 0 aliphatic carbocycles. The quantitative estimate of drug-likeness (QED) is 0.739. The molecule has 0 amide bonds. The van der Waals surface area contributed by atoms with E-state index in [4.69, 9.17) is 16.1 Å². The predicted octanol–water partition coefficient (Wildman–Crippen LogP) is 1.53. The van der Waals surface area contributed by atoms with E-state index in [1.165, 1.54) is 12.1 Å². The second-order valence-corrected chi connectivity index (χ2v) is 5.67. The van der Waals surface area contributed by atoms with E-state index >= 15 is 0 Å². The molecule has 20 heavy (non-hydrogen) atoms. The van der Waals surface area contributed by atoms with E-state index < -0.39 is 10.0 Å². The van der Waals surface area contributed by atoms with Crippen LogP contribution in [0, 0.1) is 11.3 Å². The summed E-state index contributed by atoms with van der Waals surface area (Å²) in [5.74, 6) is 0. The SMILES string of the molecule is N#Cc1cc(N)ccc1Nc1ccc(S(N)(=O)=O)cc1. The summed E-state index contributed by atoms with van der Waals surface area (Å²) in [5.41, 5.74) is 7.73. The summed E-state index contributed by atoms with van der Waals surface area (Å²) in [6, 6.07) is 12.9. The Morgan fingerprint density at radius 1 is 1.10 bits per heavy atom. The van der Waals surface area contributed by atoms with Gasteiger partial charge in [0.2, 0.25) is 10.0 Å². The molecule has 0 aliphatic rings. The molecular formula is C13H12N4O2S. The van der Waals surface area contributed by atoms with Crippen LogP contribution in [0.4, 0.5) is 17.1 Å². The van der Waals surface area contributed by atoms with Crippen LogP contribution >= 0.6 is 0 Å². The lowest BCUT2D eigenvalue weighted by molar-refractivity contribution is 0.598. The molecule has 0 aliphatic heterocycles. The summed E-state index contributed by atoms with van der Waals surface area (Å²) < 4.78 is 22.3. The maximum atomic E-state index is 11.1. The van der Waals surface area contributed by atoms with Crippen molar-refractivity contribution in [1.82, 2.24) is 0 Å². The highest BCUT2D eigenvalue weighted by molar-refractivity contribution is 7.89. The van der Waals surface area contributed by atoms with E-state index in [9.17, 15) is 8.42 Å². The van der Waals surface area contributed by atoms with Gasteiger partial charge < -0.3 is 11.1 Å². The Bertz CT molecular complexity index is 777. The minimum atomic E-state index is -3.71. The third-order valence-corrected chi connectivity index (χ3v) is 3.56. The van der Waals surface area contributed by atoms with Gasteiger partial charge in [0.15, 0.2) is 0 Å². The minimum absolute atomic E-state index is 0.0286. The number of nitrogen functional groups attached to an aromatic ring is 1. The highest BCUT2D eigenvalue weighted by atomic mass is 32.2. The van der Waals surface area contributed by atoms with Crippen LogP contribution in [0.1, 0.15) is 5.56 Å². The van der Waals surface area contributed by atoms with Crippen molar-refractivity contribution in [3.63, 3.8) is 0 Å². The first-order chi connectivity index (χ1) is 9.40. The Kier molecular flexibility index (Phi) is 3.61. The summed E-state index contributed by atoms with van der Waals surface area (Å²) in [5, 5.41) is 17.1. The Balaban J connectivity index is 2.30. The van der Waals surface area contributed by atoms with Crippen LogP contribution in [0.2, 0.25) is 0 Å². The standard InChI is InChI=1S/C13H12N4O2S/c14-8-9-7-10(15)1-6-13(9)17-11-2-4-12(5-3-11)20(16,18)19/h1-7,17H,15H2,(H2,16,18,19). The van der Waals surface area contributed by atoms with Gasteiger partial charge >= 0.3 is 0 Å². The van der Waals surface area contributed by atoms with Gasteiger partial charge in [-0.2, -0.15) is 5.26 Å². The molecule has 0 radical (unpaired) electrons. The van der Waals surface area contributed by atoms with Crippen molar-refractivity contribution in [2.75, 3.05) is 11.1 Å². The van der Waals surface area contributed by atoms with Crippen molar-refractivity contribution in [3.05, 3.63) is 48.0 Å². The zero-order chi connectivity index (χ0) is 14.8. The maximum absolute atomic E-state index is 11.1. The molecule has 0 heterocycles. The first kappa shape index (κ1) is 13.9. The molecule has 0 saturated carbocycles. The lowest BCUT2D eigenvalue weighted by atomic mass is 10.1. The highest BCUT2D eigenvalue weighted by Crippen LogP contribution is 2.23. The van der Waals surface area contributed by atoms with Crippen LogP contribution in [0.25, 0.3) is 0 Å². The fourth-order valence-corrected chi connectivity index (χ4v) is 2.16. The van der Waals surface area contributed by atoms with Gasteiger partial charge in [-0.25, -0.2) is 13.6 Å². The zero-order valence-electron chi connectivity index (χ0n) is 10.4. The number of nitrogens with one attached hydrogen (secondary N) is 1. The molecule has 7 heteroatoms. The Morgan fingerprint density at radius 3 is 2.30 bits per heavy atom. The van der Waals surface area contributed by atoms with Crippen molar-refractivity contribution in [1.29, 1.82) is 5.26 Å². The van der Waals surface area contributed by atoms with Gasteiger partial charge in [0.25, 0.3) is 0 Å². The van der Waals surface area contributed by atoms with E-state index in [1.807, 2.05) is 6.07 Å². The molecular weight excluding hydrogens is 276 g/mol. The monoisotopic (exact) mass is 288 g/mol. The third-order valence-electron chi connectivity index (χ3n) is 2.63. The predicted molar refractivity (Wildman–Crippen MR) is 76.7 cm³/mol. The van der Waals surface area contributed by atoms with Crippen LogP contribution < -0.4 is 16.2 Å². The number of hydrogen-bond acceptors (Lipinski definition) is 5. The molecule has 2 aromatic rings. The minimum Gasteiger partial charge on any atom is -0.399 e. The number of rotatable bonds is 3. The summed E-state index contributed by atoms with van der Waals surface area (Å²) in [7, 11) is -3.71. The highest BCUT2D eigenvalue weighted by Gasteiger charge is 2.07. The average molecular weight is 288 g/mol. The molecule has 2 rings (SSSR count). The van der Waals surface area contributed by atoms with Crippen molar-refractivity contribution in [2.24, 2.45) is 5.14 Å². The topological polar surface area (TPSA) is 122 Å². The van der Waals surface area contributed by atoms with Crippen molar-refractivity contribution in [3.8, 4) is 6.07 Å². The average Bonchev–Trinajstić information content (AvgIpc) is 2.40. The molecule has 5 N–H and O–H groups in total.